The Morgan fingerprint density at radius 1 is 1.29 bits per heavy atom. The summed E-state index contributed by atoms with van der Waals surface area (Å²) in [5.41, 5.74) is 2.48. The van der Waals surface area contributed by atoms with Crippen LogP contribution in [0, 0.1) is 0 Å². The normalized spacial score (nSPS) is 11.3. The summed E-state index contributed by atoms with van der Waals surface area (Å²) in [5, 5.41) is 15.7. The molecule has 0 aliphatic rings. The molecule has 0 spiro atoms. The van der Waals surface area contributed by atoms with Gasteiger partial charge >= 0.3 is 0 Å². The maximum Gasteiger partial charge on any atom is 0.191 e. The van der Waals surface area contributed by atoms with E-state index in [1.165, 1.54) is 16.5 Å². The largest absolute Gasteiger partial charge is 0.361 e. The van der Waals surface area contributed by atoms with Crippen LogP contribution in [0.5, 0.6) is 0 Å². The van der Waals surface area contributed by atoms with Crippen molar-refractivity contribution in [2.45, 2.75) is 13.0 Å². The van der Waals surface area contributed by atoms with Gasteiger partial charge in [-0.2, -0.15) is 0 Å². The molecular weight excluding hydrogens is 417 g/mol. The summed E-state index contributed by atoms with van der Waals surface area (Å²) in [7, 11) is 3.68. The van der Waals surface area contributed by atoms with E-state index < -0.39 is 0 Å². The van der Waals surface area contributed by atoms with E-state index in [0.29, 0.717) is 6.54 Å². The second-order valence-electron chi connectivity index (χ2n) is 5.32. The van der Waals surface area contributed by atoms with Gasteiger partial charge in [0.1, 0.15) is 6.33 Å². The third-order valence-electron chi connectivity index (χ3n) is 3.80. The van der Waals surface area contributed by atoms with Gasteiger partial charge in [-0.25, -0.2) is 0 Å². The number of guanidine groups is 1. The van der Waals surface area contributed by atoms with E-state index in [-0.39, 0.29) is 24.0 Å². The fourth-order valence-electron chi connectivity index (χ4n) is 2.50. The number of H-pyrrole nitrogens is 1. The van der Waals surface area contributed by atoms with Crippen LogP contribution in [-0.4, -0.2) is 39.3 Å². The van der Waals surface area contributed by atoms with Gasteiger partial charge in [0.05, 0.1) is 6.54 Å². The lowest BCUT2D eigenvalue weighted by Gasteiger charge is -2.11. The molecule has 0 unspecified atom stereocenters. The number of nitrogens with zero attached hydrogens (tertiary/aromatic N) is 4. The first-order chi connectivity index (χ1) is 11.3. The maximum absolute atomic E-state index is 4.23. The van der Waals surface area contributed by atoms with Gasteiger partial charge in [0.15, 0.2) is 11.8 Å². The summed E-state index contributed by atoms with van der Waals surface area (Å²) >= 11 is 0. The minimum absolute atomic E-state index is 0. The highest BCUT2D eigenvalue weighted by molar-refractivity contribution is 14.0. The summed E-state index contributed by atoms with van der Waals surface area (Å²) in [6, 6.07) is 8.34. The van der Waals surface area contributed by atoms with Crippen LogP contribution in [0.1, 0.15) is 11.4 Å². The van der Waals surface area contributed by atoms with E-state index in [2.05, 4.69) is 55.2 Å². The fraction of sp³-hybridized carbons (Fsp3) is 0.312. The molecule has 128 valence electrons. The lowest BCUT2D eigenvalue weighted by Crippen LogP contribution is -2.38. The van der Waals surface area contributed by atoms with Crippen molar-refractivity contribution in [3.63, 3.8) is 0 Å². The molecule has 7 nitrogen and oxygen atoms in total. The Morgan fingerprint density at radius 3 is 2.88 bits per heavy atom. The number of aromatic amines is 1. The molecule has 8 heteroatoms. The molecule has 0 saturated heterocycles. The molecule has 0 amide bonds. The highest BCUT2D eigenvalue weighted by atomic mass is 127. The van der Waals surface area contributed by atoms with Crippen LogP contribution < -0.4 is 10.6 Å². The van der Waals surface area contributed by atoms with E-state index in [9.17, 15) is 0 Å². The molecule has 24 heavy (non-hydrogen) atoms. The Morgan fingerprint density at radius 2 is 2.12 bits per heavy atom. The van der Waals surface area contributed by atoms with Crippen LogP contribution in [0.2, 0.25) is 0 Å². The van der Waals surface area contributed by atoms with Gasteiger partial charge in [0, 0.05) is 37.7 Å². The Balaban J connectivity index is 0.00000208. The number of para-hydroxylation sites is 1. The zero-order valence-corrected chi connectivity index (χ0v) is 16.1. The molecule has 0 saturated carbocycles. The third-order valence-corrected chi connectivity index (χ3v) is 3.80. The van der Waals surface area contributed by atoms with Crippen LogP contribution in [0.4, 0.5) is 0 Å². The number of nitrogens with one attached hydrogen (secondary N) is 3. The molecule has 3 N–H and O–H groups in total. The molecule has 0 aliphatic carbocycles. The van der Waals surface area contributed by atoms with Crippen molar-refractivity contribution in [2.75, 3.05) is 13.6 Å². The van der Waals surface area contributed by atoms with Crippen LogP contribution in [0.15, 0.2) is 41.8 Å². The number of aromatic nitrogens is 4. The van der Waals surface area contributed by atoms with Crippen LogP contribution >= 0.6 is 24.0 Å². The first-order valence-corrected chi connectivity index (χ1v) is 7.60. The zero-order chi connectivity index (χ0) is 16.1. The van der Waals surface area contributed by atoms with Crippen LogP contribution in [-0.2, 0) is 20.0 Å². The van der Waals surface area contributed by atoms with Crippen molar-refractivity contribution in [1.29, 1.82) is 0 Å². The summed E-state index contributed by atoms with van der Waals surface area (Å²) in [6.07, 6.45) is 4.68. The van der Waals surface area contributed by atoms with Crippen molar-refractivity contribution < 1.29 is 0 Å². The molecule has 3 aromatic rings. The molecule has 0 fully saturated rings. The summed E-state index contributed by atoms with van der Waals surface area (Å²) in [5.74, 6) is 1.62. The number of hydrogen-bond donors (Lipinski definition) is 3. The van der Waals surface area contributed by atoms with Gasteiger partial charge in [-0.15, -0.1) is 34.2 Å². The molecule has 0 radical (unpaired) electrons. The molecule has 2 heterocycles. The number of fused-ring (bicyclic) bond motifs is 1. The van der Waals surface area contributed by atoms with Gasteiger partial charge in [-0.3, -0.25) is 4.99 Å². The van der Waals surface area contributed by atoms with E-state index in [1.54, 1.807) is 13.4 Å². The molecule has 0 aliphatic heterocycles. The summed E-state index contributed by atoms with van der Waals surface area (Å²) in [6.45, 7) is 1.39. The number of aryl methyl sites for hydroxylation is 1. The molecule has 2 aromatic heterocycles. The van der Waals surface area contributed by atoms with Gasteiger partial charge in [-0.1, -0.05) is 18.2 Å². The Kier molecular flexibility index (Phi) is 6.59. The first kappa shape index (κ1) is 18.2. The predicted molar refractivity (Wildman–Crippen MR) is 107 cm³/mol. The van der Waals surface area contributed by atoms with Gasteiger partial charge in [-0.05, 0) is 18.1 Å². The van der Waals surface area contributed by atoms with Crippen molar-refractivity contribution in [1.82, 2.24) is 30.4 Å². The number of hydrogen-bond acceptors (Lipinski definition) is 3. The highest BCUT2D eigenvalue weighted by Crippen LogP contribution is 2.17. The van der Waals surface area contributed by atoms with E-state index in [0.717, 1.165) is 24.7 Å². The lowest BCUT2D eigenvalue weighted by atomic mass is 10.1. The lowest BCUT2D eigenvalue weighted by molar-refractivity contribution is 0.724. The smallest absolute Gasteiger partial charge is 0.191 e. The zero-order valence-electron chi connectivity index (χ0n) is 13.8. The second kappa shape index (κ2) is 8.67. The topological polar surface area (TPSA) is 82.9 Å². The summed E-state index contributed by atoms with van der Waals surface area (Å²) in [4.78, 5) is 7.53. The van der Waals surface area contributed by atoms with E-state index in [4.69, 9.17) is 0 Å². The van der Waals surface area contributed by atoms with Crippen molar-refractivity contribution in [2.24, 2.45) is 12.0 Å². The van der Waals surface area contributed by atoms with Gasteiger partial charge < -0.3 is 20.2 Å². The Hall–Kier alpha value is -2.10. The molecular formula is C16H22IN7. The molecule has 1 aromatic carbocycles. The van der Waals surface area contributed by atoms with Crippen molar-refractivity contribution in [3.8, 4) is 0 Å². The quantitative estimate of drug-likeness (QED) is 0.322. The molecule has 3 rings (SSSR count). The number of aliphatic imine (C=N–C) groups is 1. The number of benzene rings is 1. The van der Waals surface area contributed by atoms with E-state index in [1.807, 2.05) is 17.7 Å². The van der Waals surface area contributed by atoms with E-state index >= 15 is 0 Å². The molecule has 0 bridgehead atoms. The standard InChI is InChI=1S/C16H21N7.HI/c1-17-16(20-10-15-22-21-11-23(15)2)18-8-7-12-9-19-14-6-4-3-5-13(12)14;/h3-6,9,11,19H,7-8,10H2,1-2H3,(H2,17,18,20);1H. The minimum Gasteiger partial charge on any atom is -0.361 e. The fourth-order valence-corrected chi connectivity index (χ4v) is 2.50. The van der Waals surface area contributed by atoms with Crippen molar-refractivity contribution >= 4 is 40.8 Å². The molecule has 0 atom stereocenters. The van der Waals surface area contributed by atoms with Crippen LogP contribution in [0.3, 0.4) is 0 Å². The number of rotatable bonds is 5. The second-order valence-corrected chi connectivity index (χ2v) is 5.32. The van der Waals surface area contributed by atoms with Gasteiger partial charge in [0.2, 0.25) is 0 Å². The first-order valence-electron chi connectivity index (χ1n) is 7.60. The summed E-state index contributed by atoms with van der Waals surface area (Å²) < 4.78 is 1.88. The monoisotopic (exact) mass is 439 g/mol. The van der Waals surface area contributed by atoms with Crippen LogP contribution in [0.25, 0.3) is 10.9 Å². The average Bonchev–Trinajstić information content (AvgIpc) is 3.17. The SMILES string of the molecule is CN=C(NCCc1c[nH]c2ccccc12)NCc1nncn1C.I. The number of halogens is 1. The Labute approximate surface area is 158 Å². The van der Waals surface area contributed by atoms with Crippen molar-refractivity contribution in [3.05, 3.63) is 48.2 Å². The third kappa shape index (κ3) is 4.25. The highest BCUT2D eigenvalue weighted by Gasteiger charge is 2.05. The average molecular weight is 439 g/mol. The predicted octanol–water partition coefficient (Wildman–Crippen LogP) is 1.82. The minimum atomic E-state index is 0. The van der Waals surface area contributed by atoms with Gasteiger partial charge in [0.25, 0.3) is 0 Å². The maximum atomic E-state index is 4.23. The Bertz CT molecular complexity index is 805.